The fourth-order valence-corrected chi connectivity index (χ4v) is 3.29. The number of aromatic nitrogens is 4. The smallest absolute Gasteiger partial charge is 0.247 e. The lowest BCUT2D eigenvalue weighted by atomic mass is 10.2. The van der Waals surface area contributed by atoms with Gasteiger partial charge in [-0.15, -0.1) is 12.4 Å². The lowest BCUT2D eigenvalue weighted by Crippen LogP contribution is -2.50. The molecule has 0 bridgehead atoms. The summed E-state index contributed by atoms with van der Waals surface area (Å²) in [6, 6.07) is -0.330. The van der Waals surface area contributed by atoms with E-state index in [4.69, 9.17) is 11.6 Å². The molecule has 9 heteroatoms. The third kappa shape index (κ3) is 4.58. The minimum Gasteiger partial charge on any atom is -0.338 e. The van der Waals surface area contributed by atoms with Crippen LogP contribution in [0.4, 0.5) is 0 Å². The molecular weight excluding hydrogens is 375 g/mol. The zero-order valence-electron chi connectivity index (χ0n) is 15.4. The highest BCUT2D eigenvalue weighted by Gasteiger charge is 2.26. The Kier molecular flexibility index (Phi) is 7.08. The molecule has 2 aromatic heterocycles. The van der Waals surface area contributed by atoms with Gasteiger partial charge in [-0.05, 0) is 20.8 Å². The first-order valence-corrected chi connectivity index (χ1v) is 9.09. The standard InChI is InChI=1S/C17H25ClN6O.ClH/c1-4-23-11-15(13(2)20-23)10-21-5-7-22(8-6-21)17(25)14(3)24-12-16(18)9-19-24;/h9,11-12,14H,4-8,10H2,1-3H3;1H. The number of carbonyl (C=O) groups excluding carboxylic acids is 1. The maximum absolute atomic E-state index is 12.7. The van der Waals surface area contributed by atoms with Crippen molar-refractivity contribution in [2.75, 3.05) is 26.2 Å². The van der Waals surface area contributed by atoms with E-state index in [1.807, 2.05) is 16.5 Å². The second-order valence-corrected chi connectivity index (χ2v) is 6.95. The number of rotatable bonds is 5. The van der Waals surface area contributed by atoms with E-state index in [0.717, 1.165) is 45.0 Å². The Balaban J connectivity index is 0.00000243. The number of hydrogen-bond acceptors (Lipinski definition) is 4. The van der Waals surface area contributed by atoms with Crippen LogP contribution in [0.5, 0.6) is 0 Å². The topological polar surface area (TPSA) is 59.2 Å². The number of hydrogen-bond donors (Lipinski definition) is 0. The second kappa shape index (κ2) is 8.88. The SMILES string of the molecule is CCn1cc(CN2CCN(C(=O)C(C)n3cc(Cl)cn3)CC2)c(C)n1.Cl. The lowest BCUT2D eigenvalue weighted by molar-refractivity contribution is -0.136. The molecule has 3 heterocycles. The van der Waals surface area contributed by atoms with Gasteiger partial charge in [0.2, 0.25) is 5.91 Å². The first-order chi connectivity index (χ1) is 12.0. The molecule has 26 heavy (non-hydrogen) atoms. The van der Waals surface area contributed by atoms with Gasteiger partial charge in [0.25, 0.3) is 0 Å². The second-order valence-electron chi connectivity index (χ2n) is 6.51. The van der Waals surface area contributed by atoms with Crippen molar-refractivity contribution in [1.82, 2.24) is 29.4 Å². The third-order valence-electron chi connectivity index (χ3n) is 4.77. The van der Waals surface area contributed by atoms with Crippen molar-refractivity contribution >= 4 is 29.9 Å². The number of carbonyl (C=O) groups is 1. The third-order valence-corrected chi connectivity index (χ3v) is 4.97. The van der Waals surface area contributed by atoms with Crippen LogP contribution >= 0.6 is 24.0 Å². The average molecular weight is 401 g/mol. The predicted octanol–water partition coefficient (Wildman–Crippen LogP) is 2.39. The van der Waals surface area contributed by atoms with Crippen LogP contribution in [0.25, 0.3) is 0 Å². The molecule has 1 fully saturated rings. The van der Waals surface area contributed by atoms with E-state index < -0.39 is 0 Å². The van der Waals surface area contributed by atoms with E-state index in [1.54, 1.807) is 17.1 Å². The number of piperazine rings is 1. The van der Waals surface area contributed by atoms with Gasteiger partial charge < -0.3 is 4.90 Å². The van der Waals surface area contributed by atoms with Gasteiger partial charge in [0, 0.05) is 57.2 Å². The Hall–Kier alpha value is -1.57. The van der Waals surface area contributed by atoms with E-state index >= 15 is 0 Å². The van der Waals surface area contributed by atoms with Crippen molar-refractivity contribution in [3.05, 3.63) is 34.9 Å². The van der Waals surface area contributed by atoms with E-state index in [0.29, 0.717) is 5.02 Å². The molecule has 0 N–H and O–H groups in total. The Morgan fingerprint density at radius 1 is 1.27 bits per heavy atom. The van der Waals surface area contributed by atoms with Crippen LogP contribution < -0.4 is 0 Å². The van der Waals surface area contributed by atoms with Crippen LogP contribution in [0.2, 0.25) is 5.02 Å². The van der Waals surface area contributed by atoms with E-state index in [9.17, 15) is 4.79 Å². The van der Waals surface area contributed by atoms with Crippen molar-refractivity contribution < 1.29 is 4.79 Å². The Morgan fingerprint density at radius 2 is 1.96 bits per heavy atom. The monoisotopic (exact) mass is 400 g/mol. The Labute approximate surface area is 165 Å². The van der Waals surface area contributed by atoms with Gasteiger partial charge in [-0.1, -0.05) is 11.6 Å². The first-order valence-electron chi connectivity index (χ1n) is 8.71. The molecule has 0 aliphatic carbocycles. The molecule has 0 saturated carbocycles. The van der Waals surface area contributed by atoms with Gasteiger partial charge in [0.05, 0.1) is 16.9 Å². The number of halogens is 2. The molecule has 1 saturated heterocycles. The summed E-state index contributed by atoms with van der Waals surface area (Å²) in [4.78, 5) is 17.0. The van der Waals surface area contributed by atoms with Crippen LogP contribution in [0.3, 0.4) is 0 Å². The van der Waals surface area contributed by atoms with Crippen LogP contribution in [0.15, 0.2) is 18.6 Å². The molecule has 144 valence electrons. The molecule has 7 nitrogen and oxygen atoms in total. The van der Waals surface area contributed by atoms with Gasteiger partial charge in [0.1, 0.15) is 6.04 Å². The summed E-state index contributed by atoms with van der Waals surface area (Å²) in [5.41, 5.74) is 2.35. The summed E-state index contributed by atoms with van der Waals surface area (Å²) in [6.45, 7) is 11.0. The molecule has 0 spiro atoms. The zero-order valence-corrected chi connectivity index (χ0v) is 17.0. The van der Waals surface area contributed by atoms with Gasteiger partial charge >= 0.3 is 0 Å². The number of amides is 1. The van der Waals surface area contributed by atoms with Crippen LogP contribution in [0, 0.1) is 6.92 Å². The normalized spacial score (nSPS) is 16.4. The summed E-state index contributed by atoms with van der Waals surface area (Å²) < 4.78 is 3.60. The zero-order chi connectivity index (χ0) is 18.0. The molecule has 1 aliphatic rings. The van der Waals surface area contributed by atoms with Crippen molar-refractivity contribution in [3.8, 4) is 0 Å². The van der Waals surface area contributed by atoms with Crippen molar-refractivity contribution in [2.24, 2.45) is 0 Å². The fraction of sp³-hybridized carbons (Fsp3) is 0.588. The Morgan fingerprint density at radius 3 is 2.50 bits per heavy atom. The maximum Gasteiger partial charge on any atom is 0.247 e. The highest BCUT2D eigenvalue weighted by molar-refractivity contribution is 6.30. The largest absolute Gasteiger partial charge is 0.338 e. The Bertz CT molecular complexity index is 735. The molecule has 1 aliphatic heterocycles. The first kappa shape index (κ1) is 20.7. The molecule has 3 rings (SSSR count). The van der Waals surface area contributed by atoms with E-state index in [-0.39, 0.29) is 24.4 Å². The summed E-state index contributed by atoms with van der Waals surface area (Å²) in [7, 11) is 0. The van der Waals surface area contributed by atoms with E-state index in [2.05, 4.69) is 35.1 Å². The molecule has 0 radical (unpaired) electrons. The van der Waals surface area contributed by atoms with Gasteiger partial charge in [-0.2, -0.15) is 10.2 Å². The molecule has 2 aromatic rings. The van der Waals surface area contributed by atoms with Crippen molar-refractivity contribution in [3.63, 3.8) is 0 Å². The van der Waals surface area contributed by atoms with Crippen molar-refractivity contribution in [1.29, 1.82) is 0 Å². The average Bonchev–Trinajstić information content (AvgIpc) is 3.20. The minimum absolute atomic E-state index is 0. The number of aryl methyl sites for hydroxylation is 2. The highest BCUT2D eigenvalue weighted by atomic mass is 35.5. The number of nitrogens with zero attached hydrogens (tertiary/aromatic N) is 6. The quantitative estimate of drug-likeness (QED) is 0.772. The van der Waals surface area contributed by atoms with Gasteiger partial charge in [0.15, 0.2) is 0 Å². The predicted molar refractivity (Wildman–Crippen MR) is 104 cm³/mol. The molecule has 1 unspecified atom stereocenters. The maximum atomic E-state index is 12.7. The minimum atomic E-state index is -0.330. The van der Waals surface area contributed by atoms with Gasteiger partial charge in [-0.3, -0.25) is 19.1 Å². The van der Waals surface area contributed by atoms with Crippen LogP contribution in [-0.4, -0.2) is 61.4 Å². The molecule has 1 amide bonds. The van der Waals surface area contributed by atoms with Crippen LogP contribution in [-0.2, 0) is 17.9 Å². The molecular formula is C17H26Cl2N6O. The summed E-state index contributed by atoms with van der Waals surface area (Å²) in [5, 5.41) is 9.19. The molecule has 0 aromatic carbocycles. The van der Waals surface area contributed by atoms with Crippen LogP contribution in [0.1, 0.15) is 31.1 Å². The lowest BCUT2D eigenvalue weighted by Gasteiger charge is -2.35. The van der Waals surface area contributed by atoms with E-state index in [1.165, 1.54) is 5.56 Å². The van der Waals surface area contributed by atoms with Crippen molar-refractivity contribution in [2.45, 2.75) is 39.9 Å². The summed E-state index contributed by atoms with van der Waals surface area (Å²) in [6.07, 6.45) is 5.37. The summed E-state index contributed by atoms with van der Waals surface area (Å²) in [5.74, 6) is 0.0920. The fourth-order valence-electron chi connectivity index (χ4n) is 3.15. The molecule has 1 atom stereocenters. The summed E-state index contributed by atoms with van der Waals surface area (Å²) >= 11 is 5.89. The van der Waals surface area contributed by atoms with Gasteiger partial charge in [-0.25, -0.2) is 0 Å². The highest BCUT2D eigenvalue weighted by Crippen LogP contribution is 2.16.